The fraction of sp³-hybridized carbons (Fsp3) is 0.462. The molecule has 0 unspecified atom stereocenters. The monoisotopic (exact) mass is 268 g/mol. The van der Waals surface area contributed by atoms with Crippen molar-refractivity contribution in [1.29, 1.82) is 0 Å². The average Bonchev–Trinajstić information content (AvgIpc) is 2.38. The summed E-state index contributed by atoms with van der Waals surface area (Å²) in [6.45, 7) is 2.52. The molecule has 1 aromatic carbocycles. The SMILES string of the molecule is CCCCOC(=O)Nc1ccc(OCCO)c(N)c1. The van der Waals surface area contributed by atoms with Gasteiger partial charge in [-0.2, -0.15) is 0 Å². The summed E-state index contributed by atoms with van der Waals surface area (Å²) in [6.07, 6.45) is 1.30. The van der Waals surface area contributed by atoms with Gasteiger partial charge in [-0.05, 0) is 24.6 Å². The largest absolute Gasteiger partial charge is 0.489 e. The summed E-state index contributed by atoms with van der Waals surface area (Å²) in [4.78, 5) is 11.4. The summed E-state index contributed by atoms with van der Waals surface area (Å²) in [5.74, 6) is 0.471. The molecule has 0 aliphatic heterocycles. The highest BCUT2D eigenvalue weighted by atomic mass is 16.5. The first kappa shape index (κ1) is 15.1. The number of hydrogen-bond acceptors (Lipinski definition) is 5. The summed E-state index contributed by atoms with van der Waals surface area (Å²) in [6, 6.07) is 4.87. The molecule has 0 aliphatic rings. The van der Waals surface area contributed by atoms with Gasteiger partial charge in [0.25, 0.3) is 0 Å². The second-order valence-corrected chi connectivity index (χ2v) is 3.94. The topological polar surface area (TPSA) is 93.8 Å². The van der Waals surface area contributed by atoms with E-state index < -0.39 is 6.09 Å². The first-order valence-electron chi connectivity index (χ1n) is 6.24. The maximum atomic E-state index is 11.4. The number of benzene rings is 1. The molecule has 0 bridgehead atoms. The highest BCUT2D eigenvalue weighted by Gasteiger charge is 2.06. The lowest BCUT2D eigenvalue weighted by Crippen LogP contribution is -2.14. The molecule has 0 spiro atoms. The van der Waals surface area contributed by atoms with Crippen LogP contribution in [0.5, 0.6) is 5.75 Å². The molecule has 1 amide bonds. The van der Waals surface area contributed by atoms with E-state index in [1.165, 1.54) is 0 Å². The molecule has 1 rings (SSSR count). The van der Waals surface area contributed by atoms with Gasteiger partial charge in [-0.1, -0.05) is 13.3 Å². The van der Waals surface area contributed by atoms with E-state index in [0.29, 0.717) is 23.7 Å². The summed E-state index contributed by atoms with van der Waals surface area (Å²) in [7, 11) is 0. The molecule has 0 saturated carbocycles. The minimum absolute atomic E-state index is 0.0802. The Kier molecular flexibility index (Phi) is 6.52. The van der Waals surface area contributed by atoms with E-state index in [0.717, 1.165) is 12.8 Å². The molecular formula is C13H20N2O4. The van der Waals surface area contributed by atoms with Crippen molar-refractivity contribution in [3.05, 3.63) is 18.2 Å². The Bertz CT molecular complexity index is 410. The van der Waals surface area contributed by atoms with Gasteiger partial charge in [0.15, 0.2) is 0 Å². The lowest BCUT2D eigenvalue weighted by atomic mass is 10.2. The van der Waals surface area contributed by atoms with Gasteiger partial charge < -0.3 is 20.3 Å². The van der Waals surface area contributed by atoms with Crippen molar-refractivity contribution in [2.45, 2.75) is 19.8 Å². The molecule has 106 valence electrons. The number of carbonyl (C=O) groups excluding carboxylic acids is 1. The summed E-state index contributed by atoms with van der Waals surface area (Å²) >= 11 is 0. The van der Waals surface area contributed by atoms with Crippen LogP contribution in [0.15, 0.2) is 18.2 Å². The maximum Gasteiger partial charge on any atom is 0.411 e. The molecule has 6 nitrogen and oxygen atoms in total. The number of amides is 1. The van der Waals surface area contributed by atoms with Gasteiger partial charge in [0.2, 0.25) is 0 Å². The van der Waals surface area contributed by atoms with E-state index in [2.05, 4.69) is 5.32 Å². The second-order valence-electron chi connectivity index (χ2n) is 3.94. The van der Waals surface area contributed by atoms with Crippen LogP contribution >= 0.6 is 0 Å². The quantitative estimate of drug-likeness (QED) is 0.519. The third-order valence-electron chi connectivity index (χ3n) is 2.34. The lowest BCUT2D eigenvalue weighted by Gasteiger charge is -2.10. The Balaban J connectivity index is 2.50. The Morgan fingerprint density at radius 2 is 2.21 bits per heavy atom. The molecule has 0 aliphatic carbocycles. The molecule has 0 atom stereocenters. The fourth-order valence-electron chi connectivity index (χ4n) is 1.38. The maximum absolute atomic E-state index is 11.4. The molecule has 0 aromatic heterocycles. The van der Waals surface area contributed by atoms with Crippen molar-refractivity contribution in [2.75, 3.05) is 30.9 Å². The molecule has 4 N–H and O–H groups in total. The number of hydrogen-bond donors (Lipinski definition) is 3. The standard InChI is InChI=1S/C13H20N2O4/c1-2-3-7-19-13(17)15-10-4-5-12(11(14)9-10)18-8-6-16/h4-5,9,16H,2-3,6-8,14H2,1H3,(H,15,17). The molecule has 6 heteroatoms. The lowest BCUT2D eigenvalue weighted by molar-refractivity contribution is 0.160. The van der Waals surface area contributed by atoms with E-state index in [-0.39, 0.29) is 13.2 Å². The third kappa shape index (κ3) is 5.48. The molecule has 1 aromatic rings. The van der Waals surface area contributed by atoms with Crippen molar-refractivity contribution >= 4 is 17.5 Å². The zero-order valence-corrected chi connectivity index (χ0v) is 11.0. The highest BCUT2D eigenvalue weighted by Crippen LogP contribution is 2.25. The summed E-state index contributed by atoms with van der Waals surface area (Å²) < 4.78 is 10.2. The van der Waals surface area contributed by atoms with Gasteiger partial charge in [0.05, 0.1) is 18.9 Å². The normalized spacial score (nSPS) is 10.0. The van der Waals surface area contributed by atoms with Crippen LogP contribution in [0.3, 0.4) is 0 Å². The van der Waals surface area contributed by atoms with Crippen molar-refractivity contribution in [3.8, 4) is 5.75 Å². The first-order chi connectivity index (χ1) is 9.17. The van der Waals surface area contributed by atoms with Crippen molar-refractivity contribution in [3.63, 3.8) is 0 Å². The molecule has 0 saturated heterocycles. The molecule has 0 fully saturated rings. The van der Waals surface area contributed by atoms with Crippen molar-refractivity contribution in [1.82, 2.24) is 0 Å². The van der Waals surface area contributed by atoms with Gasteiger partial charge in [-0.15, -0.1) is 0 Å². The number of anilines is 2. The molecule has 0 radical (unpaired) electrons. The van der Waals surface area contributed by atoms with Crippen molar-refractivity contribution < 1.29 is 19.4 Å². The Labute approximate surface area is 112 Å². The Morgan fingerprint density at radius 1 is 1.42 bits per heavy atom. The smallest absolute Gasteiger partial charge is 0.411 e. The number of carbonyl (C=O) groups is 1. The number of aliphatic hydroxyl groups excluding tert-OH is 1. The number of rotatable bonds is 7. The number of ether oxygens (including phenoxy) is 2. The van der Waals surface area contributed by atoms with Crippen LogP contribution < -0.4 is 15.8 Å². The first-order valence-corrected chi connectivity index (χ1v) is 6.24. The van der Waals surface area contributed by atoms with Crippen LogP contribution in [0.25, 0.3) is 0 Å². The van der Waals surface area contributed by atoms with Gasteiger partial charge in [0, 0.05) is 5.69 Å². The number of nitrogens with one attached hydrogen (secondary N) is 1. The third-order valence-corrected chi connectivity index (χ3v) is 2.34. The van der Waals surface area contributed by atoms with Crippen LogP contribution in [-0.2, 0) is 4.74 Å². The number of nitrogen functional groups attached to an aromatic ring is 1. The van der Waals surface area contributed by atoms with E-state index in [1.54, 1.807) is 18.2 Å². The van der Waals surface area contributed by atoms with Crippen LogP contribution in [-0.4, -0.2) is 31.0 Å². The fourth-order valence-corrected chi connectivity index (χ4v) is 1.38. The second kappa shape index (κ2) is 8.20. The Hall–Kier alpha value is -1.95. The predicted molar refractivity (Wildman–Crippen MR) is 73.3 cm³/mol. The Morgan fingerprint density at radius 3 is 2.84 bits per heavy atom. The summed E-state index contributed by atoms with van der Waals surface area (Å²) in [5, 5.41) is 11.2. The van der Waals surface area contributed by atoms with Crippen LogP contribution in [0, 0.1) is 0 Å². The minimum Gasteiger partial charge on any atom is -0.489 e. The number of aliphatic hydroxyl groups is 1. The zero-order chi connectivity index (χ0) is 14.1. The van der Waals surface area contributed by atoms with E-state index >= 15 is 0 Å². The van der Waals surface area contributed by atoms with Crippen LogP contribution in [0.2, 0.25) is 0 Å². The molecule has 19 heavy (non-hydrogen) atoms. The van der Waals surface area contributed by atoms with Gasteiger partial charge >= 0.3 is 6.09 Å². The summed E-state index contributed by atoms with van der Waals surface area (Å²) in [5.41, 5.74) is 6.69. The van der Waals surface area contributed by atoms with E-state index in [4.69, 9.17) is 20.3 Å². The van der Waals surface area contributed by atoms with Crippen molar-refractivity contribution in [2.24, 2.45) is 0 Å². The minimum atomic E-state index is -0.503. The van der Waals surface area contributed by atoms with Gasteiger partial charge in [-0.25, -0.2) is 4.79 Å². The predicted octanol–water partition coefficient (Wildman–Crippen LogP) is 1.99. The van der Waals surface area contributed by atoms with Crippen LogP contribution in [0.1, 0.15) is 19.8 Å². The average molecular weight is 268 g/mol. The zero-order valence-electron chi connectivity index (χ0n) is 11.0. The van der Waals surface area contributed by atoms with Gasteiger partial charge in [0.1, 0.15) is 12.4 Å². The highest BCUT2D eigenvalue weighted by molar-refractivity contribution is 5.85. The van der Waals surface area contributed by atoms with Crippen LogP contribution in [0.4, 0.5) is 16.2 Å². The number of unbranched alkanes of at least 4 members (excludes halogenated alkanes) is 1. The van der Waals surface area contributed by atoms with E-state index in [1.807, 2.05) is 6.92 Å². The van der Waals surface area contributed by atoms with E-state index in [9.17, 15) is 4.79 Å². The molecule has 0 heterocycles. The molecular weight excluding hydrogens is 248 g/mol. The number of nitrogens with two attached hydrogens (primary N) is 1. The van der Waals surface area contributed by atoms with Gasteiger partial charge in [-0.3, -0.25) is 5.32 Å².